The van der Waals surface area contributed by atoms with Crippen LogP contribution in [0.1, 0.15) is 53.2 Å². The third kappa shape index (κ3) is 5.73. The Morgan fingerprint density at radius 3 is 2.56 bits per heavy atom. The molecule has 2 aromatic carbocycles. The van der Waals surface area contributed by atoms with E-state index in [0.29, 0.717) is 22.9 Å². The van der Waals surface area contributed by atoms with Gasteiger partial charge in [0.25, 0.3) is 5.91 Å². The summed E-state index contributed by atoms with van der Waals surface area (Å²) in [6.07, 6.45) is 0.761. The fourth-order valence-electron chi connectivity index (χ4n) is 4.34. The van der Waals surface area contributed by atoms with Crippen molar-refractivity contribution in [1.82, 2.24) is 9.80 Å². The van der Waals surface area contributed by atoms with Crippen LogP contribution in [0, 0.1) is 12.7 Å². The molecule has 2 heterocycles. The Hall–Kier alpha value is -2.90. The van der Waals surface area contributed by atoms with Gasteiger partial charge in [-0.25, -0.2) is 4.39 Å². The molecule has 0 saturated carbocycles. The molecule has 0 aliphatic carbocycles. The second-order valence-corrected chi connectivity index (χ2v) is 11.4. The molecule has 0 spiro atoms. The van der Waals surface area contributed by atoms with Gasteiger partial charge in [-0.05, 0) is 99.2 Å². The Labute approximate surface area is 220 Å². The fraction of sp³-hybridized carbons (Fsp3) is 0.357. The highest BCUT2D eigenvalue weighted by atomic mass is 35.5. The predicted molar refractivity (Wildman–Crippen MR) is 141 cm³/mol. The summed E-state index contributed by atoms with van der Waals surface area (Å²) in [4.78, 5) is 31.6. The lowest BCUT2D eigenvalue weighted by atomic mass is 9.99. The zero-order valence-electron chi connectivity index (χ0n) is 20.9. The minimum absolute atomic E-state index is 0.0876. The molecule has 2 amide bonds. The smallest absolute Gasteiger partial charge is 0.254 e. The van der Waals surface area contributed by atoms with Gasteiger partial charge in [0.2, 0.25) is 5.91 Å². The van der Waals surface area contributed by atoms with Crippen LogP contribution in [0.25, 0.3) is 0 Å². The van der Waals surface area contributed by atoms with Crippen molar-refractivity contribution in [1.29, 1.82) is 0 Å². The fourth-order valence-corrected chi connectivity index (χ4v) is 5.39. The Morgan fingerprint density at radius 2 is 1.89 bits per heavy atom. The molecule has 36 heavy (non-hydrogen) atoms. The van der Waals surface area contributed by atoms with Crippen LogP contribution in [0.4, 0.5) is 4.39 Å². The number of amides is 2. The summed E-state index contributed by atoms with van der Waals surface area (Å²) in [5, 5.41) is 2.71. The van der Waals surface area contributed by atoms with E-state index in [1.165, 1.54) is 29.1 Å². The molecule has 0 bridgehead atoms. The van der Waals surface area contributed by atoms with E-state index in [9.17, 15) is 14.0 Å². The summed E-state index contributed by atoms with van der Waals surface area (Å²) >= 11 is 7.84. The van der Waals surface area contributed by atoms with Crippen LogP contribution in [0.15, 0.2) is 53.9 Å². The highest BCUT2D eigenvalue weighted by Crippen LogP contribution is 2.34. The minimum Gasteiger partial charge on any atom is -0.491 e. The summed E-state index contributed by atoms with van der Waals surface area (Å²) in [5.41, 5.74) is 1.73. The van der Waals surface area contributed by atoms with Gasteiger partial charge in [0.1, 0.15) is 24.7 Å². The molecule has 4 rings (SSSR count). The zero-order valence-corrected chi connectivity index (χ0v) is 22.5. The van der Waals surface area contributed by atoms with Crippen LogP contribution >= 0.6 is 22.9 Å². The highest BCUT2D eigenvalue weighted by Gasteiger charge is 2.36. The normalized spacial score (nSPS) is 15.4. The number of rotatable bonds is 6. The number of aryl methyl sites for hydroxylation is 1. The Kier molecular flexibility index (Phi) is 7.71. The van der Waals surface area contributed by atoms with E-state index in [0.717, 1.165) is 17.5 Å². The number of benzene rings is 2. The van der Waals surface area contributed by atoms with Crippen LogP contribution in [0.3, 0.4) is 0 Å². The van der Waals surface area contributed by atoms with Crippen molar-refractivity contribution < 1.29 is 18.7 Å². The predicted octanol–water partition coefficient (Wildman–Crippen LogP) is 6.29. The average Bonchev–Trinajstić information content (AvgIpc) is 3.31. The van der Waals surface area contributed by atoms with Gasteiger partial charge in [-0.3, -0.25) is 9.59 Å². The molecule has 3 aromatic rings. The SMILES string of the molecule is Cc1cc(OC[C@@H]2c3ccsc3CCN2C(=O)CN(C(=O)c2ccc(F)cc2)C(C)(C)C)ccc1Cl. The zero-order chi connectivity index (χ0) is 26.0. The molecule has 0 saturated heterocycles. The number of hydrogen-bond donors (Lipinski definition) is 0. The van der Waals surface area contributed by atoms with Gasteiger partial charge in [-0.15, -0.1) is 11.3 Å². The molecule has 190 valence electrons. The van der Waals surface area contributed by atoms with Gasteiger partial charge in [0.05, 0.1) is 6.04 Å². The maximum atomic E-state index is 13.7. The van der Waals surface area contributed by atoms with Gasteiger partial charge < -0.3 is 14.5 Å². The number of ether oxygens (including phenoxy) is 1. The average molecular weight is 529 g/mol. The van der Waals surface area contributed by atoms with Crippen molar-refractivity contribution in [3.8, 4) is 5.75 Å². The number of halogens is 2. The second-order valence-electron chi connectivity index (χ2n) is 9.94. The Morgan fingerprint density at radius 1 is 1.17 bits per heavy atom. The quantitative estimate of drug-likeness (QED) is 0.377. The molecule has 5 nitrogen and oxygen atoms in total. The van der Waals surface area contributed by atoms with E-state index >= 15 is 0 Å². The third-order valence-electron chi connectivity index (χ3n) is 6.39. The molecular formula is C28H30ClFN2O3S. The monoisotopic (exact) mass is 528 g/mol. The van der Waals surface area contributed by atoms with Crippen molar-refractivity contribution >= 4 is 34.8 Å². The highest BCUT2D eigenvalue weighted by molar-refractivity contribution is 7.10. The lowest BCUT2D eigenvalue weighted by Gasteiger charge is -2.40. The van der Waals surface area contributed by atoms with E-state index in [1.807, 2.05) is 56.2 Å². The number of thiophene rings is 1. The minimum atomic E-state index is -0.614. The largest absolute Gasteiger partial charge is 0.491 e. The van der Waals surface area contributed by atoms with Gasteiger partial charge in [-0.2, -0.15) is 0 Å². The molecular weight excluding hydrogens is 499 g/mol. The van der Waals surface area contributed by atoms with Crippen LogP contribution in [-0.2, 0) is 11.2 Å². The summed E-state index contributed by atoms with van der Waals surface area (Å²) in [6.45, 7) is 8.33. The molecule has 1 aromatic heterocycles. The maximum absolute atomic E-state index is 13.7. The van der Waals surface area contributed by atoms with Crippen molar-refractivity contribution in [2.45, 2.75) is 45.7 Å². The van der Waals surface area contributed by atoms with Gasteiger partial charge in [0.15, 0.2) is 0 Å². The summed E-state index contributed by atoms with van der Waals surface area (Å²) in [6, 6.07) is 12.7. The van der Waals surface area contributed by atoms with Crippen molar-refractivity contribution in [3.63, 3.8) is 0 Å². The van der Waals surface area contributed by atoms with Crippen LogP contribution in [0.2, 0.25) is 5.02 Å². The van der Waals surface area contributed by atoms with Gasteiger partial charge in [-0.1, -0.05) is 11.6 Å². The van der Waals surface area contributed by atoms with E-state index in [1.54, 1.807) is 22.3 Å². The number of fused-ring (bicyclic) bond motifs is 1. The first kappa shape index (κ1) is 26.2. The van der Waals surface area contributed by atoms with E-state index in [2.05, 4.69) is 0 Å². The Balaban J connectivity index is 1.56. The van der Waals surface area contributed by atoms with E-state index in [-0.39, 0.29) is 31.0 Å². The number of nitrogens with zero attached hydrogens (tertiary/aromatic N) is 2. The molecule has 0 N–H and O–H groups in total. The summed E-state index contributed by atoms with van der Waals surface area (Å²) < 4.78 is 19.5. The standard InChI is InChI=1S/C28H30ClFN2O3S/c1-18-15-21(9-10-23(18)29)35-17-24-22-12-14-36-25(22)11-13-31(24)26(33)16-32(28(2,3)4)27(34)19-5-7-20(30)8-6-19/h5-10,12,14-15,24H,11,13,16-17H2,1-4H3/t24-/m1/s1. The van der Waals surface area contributed by atoms with E-state index in [4.69, 9.17) is 16.3 Å². The van der Waals surface area contributed by atoms with Crippen molar-refractivity contribution in [2.75, 3.05) is 19.7 Å². The maximum Gasteiger partial charge on any atom is 0.254 e. The molecule has 0 fully saturated rings. The molecule has 1 atom stereocenters. The molecule has 1 aliphatic rings. The molecule has 0 unspecified atom stereocenters. The molecule has 8 heteroatoms. The lowest BCUT2D eigenvalue weighted by Crippen LogP contribution is -2.53. The Bertz CT molecular complexity index is 1250. The lowest BCUT2D eigenvalue weighted by molar-refractivity contribution is -0.136. The number of hydrogen-bond acceptors (Lipinski definition) is 4. The van der Waals surface area contributed by atoms with E-state index < -0.39 is 11.4 Å². The van der Waals surface area contributed by atoms with Crippen molar-refractivity contribution in [3.05, 3.63) is 86.3 Å². The third-order valence-corrected chi connectivity index (χ3v) is 7.81. The molecule has 0 radical (unpaired) electrons. The second kappa shape index (κ2) is 10.6. The summed E-state index contributed by atoms with van der Waals surface area (Å²) in [7, 11) is 0. The van der Waals surface area contributed by atoms with Gasteiger partial charge in [0, 0.05) is 27.5 Å². The first-order chi connectivity index (χ1) is 17.0. The molecule has 1 aliphatic heterocycles. The number of carbonyl (C=O) groups is 2. The van der Waals surface area contributed by atoms with Crippen molar-refractivity contribution in [2.24, 2.45) is 0 Å². The van der Waals surface area contributed by atoms with Gasteiger partial charge >= 0.3 is 0 Å². The number of carbonyl (C=O) groups excluding carboxylic acids is 2. The summed E-state index contributed by atoms with van der Waals surface area (Å²) in [5.74, 6) is -0.190. The van der Waals surface area contributed by atoms with Crippen LogP contribution in [-0.4, -0.2) is 46.8 Å². The first-order valence-corrected chi connectivity index (χ1v) is 13.1. The topological polar surface area (TPSA) is 49.9 Å². The van der Waals surface area contributed by atoms with Crippen LogP contribution in [0.5, 0.6) is 5.75 Å². The first-order valence-electron chi connectivity index (χ1n) is 11.9. The van der Waals surface area contributed by atoms with Crippen LogP contribution < -0.4 is 4.74 Å².